The molecule has 1 aromatic carbocycles. The van der Waals surface area contributed by atoms with E-state index >= 15 is 0 Å². The smallest absolute Gasteiger partial charge is 0.240 e. The van der Waals surface area contributed by atoms with Gasteiger partial charge in [0.25, 0.3) is 0 Å². The van der Waals surface area contributed by atoms with E-state index in [0.29, 0.717) is 12.1 Å². The van der Waals surface area contributed by atoms with Crippen LogP contribution in [0.2, 0.25) is 0 Å². The van der Waals surface area contributed by atoms with E-state index in [9.17, 15) is 8.42 Å². The van der Waals surface area contributed by atoms with Crippen LogP contribution in [0.1, 0.15) is 44.6 Å². The van der Waals surface area contributed by atoms with Gasteiger partial charge in [0, 0.05) is 12.1 Å². The molecule has 6 heteroatoms. The molecule has 0 atom stereocenters. The van der Waals surface area contributed by atoms with E-state index in [1.807, 2.05) is 0 Å². The van der Waals surface area contributed by atoms with Crippen LogP contribution in [0.3, 0.4) is 0 Å². The van der Waals surface area contributed by atoms with Gasteiger partial charge in [0.1, 0.15) is 4.99 Å². The lowest BCUT2D eigenvalue weighted by Crippen LogP contribution is -2.35. The van der Waals surface area contributed by atoms with Crippen LogP contribution in [0.15, 0.2) is 29.2 Å². The summed E-state index contributed by atoms with van der Waals surface area (Å²) in [7, 11) is -3.52. The Kier molecular flexibility index (Phi) is 5.01. The molecule has 0 spiro atoms. The molecule has 3 N–H and O–H groups in total. The van der Waals surface area contributed by atoms with Gasteiger partial charge in [0.05, 0.1) is 4.90 Å². The van der Waals surface area contributed by atoms with E-state index in [2.05, 4.69) is 11.6 Å². The van der Waals surface area contributed by atoms with E-state index in [-0.39, 0.29) is 15.3 Å². The van der Waals surface area contributed by atoms with Crippen LogP contribution in [0, 0.1) is 5.41 Å². The minimum absolute atomic E-state index is 0.119. The second kappa shape index (κ2) is 6.42. The zero-order valence-electron chi connectivity index (χ0n) is 12.3. The Morgan fingerprint density at radius 2 is 2.05 bits per heavy atom. The average molecular weight is 326 g/mol. The van der Waals surface area contributed by atoms with Crippen molar-refractivity contribution in [1.82, 2.24) is 4.72 Å². The molecule has 1 aromatic rings. The highest BCUT2D eigenvalue weighted by molar-refractivity contribution is 7.89. The number of nitrogens with two attached hydrogens (primary N) is 1. The minimum Gasteiger partial charge on any atom is -0.389 e. The van der Waals surface area contributed by atoms with Crippen molar-refractivity contribution in [3.05, 3.63) is 29.8 Å². The highest BCUT2D eigenvalue weighted by Gasteiger charge is 2.33. The minimum atomic E-state index is -3.52. The molecule has 0 saturated heterocycles. The number of sulfonamides is 1. The fraction of sp³-hybridized carbons (Fsp3) is 0.533. The topological polar surface area (TPSA) is 72.2 Å². The zero-order chi connectivity index (χ0) is 15.5. The molecule has 1 aliphatic carbocycles. The summed E-state index contributed by atoms with van der Waals surface area (Å²) in [6, 6.07) is 6.47. The van der Waals surface area contributed by atoms with Crippen molar-refractivity contribution in [3.8, 4) is 0 Å². The number of benzene rings is 1. The number of hydrogen-bond donors (Lipinski definition) is 2. The van der Waals surface area contributed by atoms with E-state index in [0.717, 1.165) is 19.3 Å². The fourth-order valence-electron chi connectivity index (χ4n) is 2.93. The molecule has 0 aromatic heterocycles. The lowest BCUT2D eigenvalue weighted by molar-refractivity contribution is 0.285. The third-order valence-corrected chi connectivity index (χ3v) is 6.11. The van der Waals surface area contributed by atoms with Crippen molar-refractivity contribution in [3.63, 3.8) is 0 Å². The maximum Gasteiger partial charge on any atom is 0.240 e. The average Bonchev–Trinajstić information content (AvgIpc) is 2.95. The Labute approximate surface area is 132 Å². The first kappa shape index (κ1) is 16.4. The highest BCUT2D eigenvalue weighted by atomic mass is 32.2. The van der Waals surface area contributed by atoms with Crippen molar-refractivity contribution in [2.75, 3.05) is 6.54 Å². The van der Waals surface area contributed by atoms with Gasteiger partial charge in [0.15, 0.2) is 0 Å². The number of rotatable bonds is 6. The fourth-order valence-corrected chi connectivity index (χ4v) is 4.26. The van der Waals surface area contributed by atoms with Gasteiger partial charge in [-0.05, 0) is 36.8 Å². The second-order valence-electron chi connectivity index (χ2n) is 5.78. The Bertz CT molecular complexity index is 620. The standard InChI is InChI=1S/C15H22N2O2S2/c1-2-15(8-3-4-9-15)11-17-21(18,19)13-7-5-6-12(10-13)14(16)20/h5-7,10,17H,2-4,8-9,11H2,1H3,(H2,16,20). The number of hydrogen-bond acceptors (Lipinski definition) is 3. The Morgan fingerprint density at radius 1 is 1.38 bits per heavy atom. The lowest BCUT2D eigenvalue weighted by Gasteiger charge is -2.27. The molecule has 1 fully saturated rings. The Hall–Kier alpha value is -0.980. The summed E-state index contributed by atoms with van der Waals surface area (Å²) in [5.41, 5.74) is 6.25. The molecule has 1 aliphatic rings. The van der Waals surface area contributed by atoms with Crippen molar-refractivity contribution in [1.29, 1.82) is 0 Å². The molecular weight excluding hydrogens is 304 g/mol. The second-order valence-corrected chi connectivity index (χ2v) is 7.98. The van der Waals surface area contributed by atoms with Gasteiger partial charge in [-0.15, -0.1) is 0 Å². The van der Waals surface area contributed by atoms with E-state index in [1.165, 1.54) is 18.9 Å². The first-order valence-corrected chi connectivity index (χ1v) is 9.17. The molecule has 1 saturated carbocycles. The summed E-state index contributed by atoms with van der Waals surface area (Å²) < 4.78 is 27.6. The first-order chi connectivity index (χ1) is 9.88. The summed E-state index contributed by atoms with van der Waals surface area (Å²) in [5, 5.41) is 0. The van der Waals surface area contributed by atoms with Crippen LogP contribution in [-0.4, -0.2) is 20.0 Å². The molecule has 0 radical (unpaired) electrons. The first-order valence-electron chi connectivity index (χ1n) is 7.28. The molecule has 2 rings (SSSR count). The molecule has 21 heavy (non-hydrogen) atoms. The predicted molar refractivity (Wildman–Crippen MR) is 88.7 cm³/mol. The molecule has 0 heterocycles. The lowest BCUT2D eigenvalue weighted by atomic mass is 9.84. The monoisotopic (exact) mass is 326 g/mol. The van der Waals surface area contributed by atoms with Gasteiger partial charge in [-0.25, -0.2) is 13.1 Å². The van der Waals surface area contributed by atoms with Crippen LogP contribution in [0.25, 0.3) is 0 Å². The molecule has 0 unspecified atom stereocenters. The van der Waals surface area contributed by atoms with Gasteiger partial charge >= 0.3 is 0 Å². The van der Waals surface area contributed by atoms with Gasteiger partial charge in [-0.2, -0.15) is 0 Å². The van der Waals surface area contributed by atoms with Crippen LogP contribution in [-0.2, 0) is 10.0 Å². The van der Waals surface area contributed by atoms with Crippen LogP contribution in [0.5, 0.6) is 0 Å². The molecule has 0 bridgehead atoms. The maximum atomic E-state index is 12.4. The normalized spacial score (nSPS) is 17.8. The van der Waals surface area contributed by atoms with Crippen molar-refractivity contribution >= 4 is 27.2 Å². The van der Waals surface area contributed by atoms with Gasteiger partial charge in [-0.3, -0.25) is 0 Å². The highest BCUT2D eigenvalue weighted by Crippen LogP contribution is 2.40. The molecule has 4 nitrogen and oxygen atoms in total. The quantitative estimate of drug-likeness (QED) is 0.788. The Balaban J connectivity index is 2.15. The largest absolute Gasteiger partial charge is 0.389 e. The number of thiocarbonyl (C=S) groups is 1. The van der Waals surface area contributed by atoms with Crippen molar-refractivity contribution in [2.24, 2.45) is 11.1 Å². The molecular formula is C15H22N2O2S2. The van der Waals surface area contributed by atoms with Crippen LogP contribution >= 0.6 is 12.2 Å². The summed E-state index contributed by atoms with van der Waals surface area (Å²) >= 11 is 4.90. The van der Waals surface area contributed by atoms with Crippen LogP contribution in [0.4, 0.5) is 0 Å². The van der Waals surface area contributed by atoms with E-state index < -0.39 is 10.0 Å². The van der Waals surface area contributed by atoms with Crippen molar-refractivity contribution < 1.29 is 8.42 Å². The van der Waals surface area contributed by atoms with E-state index in [4.69, 9.17) is 18.0 Å². The molecule has 116 valence electrons. The predicted octanol–water partition coefficient (Wildman–Crippen LogP) is 2.57. The van der Waals surface area contributed by atoms with Crippen molar-refractivity contribution in [2.45, 2.75) is 43.9 Å². The molecule has 0 aliphatic heterocycles. The maximum absolute atomic E-state index is 12.4. The third kappa shape index (κ3) is 3.81. The SMILES string of the molecule is CCC1(CNS(=O)(=O)c2cccc(C(N)=S)c2)CCCC1. The third-order valence-electron chi connectivity index (χ3n) is 4.48. The van der Waals surface area contributed by atoms with Gasteiger partial charge < -0.3 is 5.73 Å². The zero-order valence-corrected chi connectivity index (χ0v) is 13.9. The van der Waals surface area contributed by atoms with E-state index in [1.54, 1.807) is 18.2 Å². The number of nitrogens with one attached hydrogen (secondary N) is 1. The summed E-state index contributed by atoms with van der Waals surface area (Å²) in [5.74, 6) is 0. The van der Waals surface area contributed by atoms with Gasteiger partial charge in [0.2, 0.25) is 10.0 Å². The Morgan fingerprint density at radius 3 is 2.62 bits per heavy atom. The van der Waals surface area contributed by atoms with Gasteiger partial charge in [-0.1, -0.05) is 44.1 Å². The molecule has 0 amide bonds. The summed E-state index contributed by atoms with van der Waals surface area (Å²) in [6.07, 6.45) is 5.57. The summed E-state index contributed by atoms with van der Waals surface area (Å²) in [4.78, 5) is 0.421. The van der Waals surface area contributed by atoms with Crippen LogP contribution < -0.4 is 10.5 Å². The summed E-state index contributed by atoms with van der Waals surface area (Å²) in [6.45, 7) is 2.64.